The van der Waals surface area contributed by atoms with Crippen LogP contribution < -0.4 is 5.73 Å². The van der Waals surface area contributed by atoms with E-state index in [-0.39, 0.29) is 5.17 Å². The van der Waals surface area contributed by atoms with Crippen LogP contribution in [0.3, 0.4) is 0 Å². The molecule has 0 bridgehead atoms. The monoisotopic (exact) mass is 196 g/mol. The molecule has 4 heteroatoms. The molecule has 4 N–H and O–H groups in total. The SMILES string of the molecule is N=C(N)SC[C@@H](O)c1ccccc1. The van der Waals surface area contributed by atoms with E-state index in [1.165, 1.54) is 0 Å². The van der Waals surface area contributed by atoms with E-state index in [0.29, 0.717) is 5.75 Å². The summed E-state index contributed by atoms with van der Waals surface area (Å²) in [5, 5.41) is 16.6. The minimum absolute atomic E-state index is 0.0370. The van der Waals surface area contributed by atoms with E-state index in [2.05, 4.69) is 0 Å². The van der Waals surface area contributed by atoms with Crippen molar-refractivity contribution in [2.75, 3.05) is 5.75 Å². The summed E-state index contributed by atoms with van der Waals surface area (Å²) in [6, 6.07) is 9.35. The molecule has 0 fully saturated rings. The van der Waals surface area contributed by atoms with Gasteiger partial charge in [-0.2, -0.15) is 0 Å². The first kappa shape index (κ1) is 10.1. The first-order valence-corrected chi connectivity index (χ1v) is 4.88. The molecule has 3 nitrogen and oxygen atoms in total. The summed E-state index contributed by atoms with van der Waals surface area (Å²) < 4.78 is 0. The third-order valence-electron chi connectivity index (χ3n) is 1.58. The molecule has 0 unspecified atom stereocenters. The zero-order valence-electron chi connectivity index (χ0n) is 7.10. The van der Waals surface area contributed by atoms with Gasteiger partial charge in [0.15, 0.2) is 5.17 Å². The van der Waals surface area contributed by atoms with E-state index in [1.54, 1.807) is 0 Å². The van der Waals surface area contributed by atoms with Crippen LogP contribution in [0.2, 0.25) is 0 Å². The number of aliphatic hydroxyl groups excluding tert-OH is 1. The van der Waals surface area contributed by atoms with Crippen LogP contribution in [0.15, 0.2) is 30.3 Å². The Morgan fingerprint density at radius 1 is 1.46 bits per heavy atom. The molecule has 0 saturated heterocycles. The van der Waals surface area contributed by atoms with Crippen LogP contribution in [0.5, 0.6) is 0 Å². The van der Waals surface area contributed by atoms with Crippen LogP contribution in [0.1, 0.15) is 11.7 Å². The van der Waals surface area contributed by atoms with Crippen LogP contribution in [0, 0.1) is 5.41 Å². The van der Waals surface area contributed by atoms with E-state index in [0.717, 1.165) is 17.3 Å². The predicted octanol–water partition coefficient (Wildman–Crippen LogP) is 1.35. The minimum Gasteiger partial charge on any atom is -0.388 e. The van der Waals surface area contributed by atoms with Crippen LogP contribution in [0.25, 0.3) is 0 Å². The molecule has 0 aliphatic carbocycles. The van der Waals surface area contributed by atoms with Gasteiger partial charge in [-0.1, -0.05) is 42.1 Å². The number of nitrogens with one attached hydrogen (secondary N) is 1. The summed E-state index contributed by atoms with van der Waals surface area (Å²) in [5.74, 6) is 0.430. The van der Waals surface area contributed by atoms with Crippen LogP contribution in [-0.2, 0) is 0 Å². The number of hydrogen-bond donors (Lipinski definition) is 3. The average Bonchev–Trinajstić information content (AvgIpc) is 2.15. The minimum atomic E-state index is -0.546. The van der Waals surface area contributed by atoms with Gasteiger partial charge in [0.2, 0.25) is 0 Å². The maximum absolute atomic E-state index is 9.60. The van der Waals surface area contributed by atoms with Gasteiger partial charge in [-0.15, -0.1) is 0 Å². The first-order chi connectivity index (χ1) is 6.20. The fourth-order valence-corrected chi connectivity index (χ4v) is 1.47. The van der Waals surface area contributed by atoms with Gasteiger partial charge in [0.05, 0.1) is 6.10 Å². The Bertz CT molecular complexity index is 276. The number of nitrogens with two attached hydrogens (primary N) is 1. The van der Waals surface area contributed by atoms with Gasteiger partial charge in [0.25, 0.3) is 0 Å². The van der Waals surface area contributed by atoms with Crippen molar-refractivity contribution in [3.05, 3.63) is 35.9 Å². The summed E-state index contributed by atoms with van der Waals surface area (Å²) in [4.78, 5) is 0. The lowest BCUT2D eigenvalue weighted by atomic mass is 10.1. The van der Waals surface area contributed by atoms with E-state index in [1.807, 2.05) is 30.3 Å². The summed E-state index contributed by atoms with van der Waals surface area (Å²) in [6.07, 6.45) is -0.546. The Kier molecular flexibility index (Phi) is 3.79. The molecule has 1 atom stereocenters. The standard InChI is InChI=1S/C9H12N2OS/c10-9(11)13-6-8(12)7-4-2-1-3-5-7/h1-5,8,12H,6H2,(H3,10,11)/t8-/m1/s1. The van der Waals surface area contributed by atoms with E-state index in [9.17, 15) is 5.11 Å². The molecule has 0 saturated carbocycles. The Labute approximate surface area is 81.5 Å². The van der Waals surface area contributed by atoms with Crippen molar-refractivity contribution in [1.82, 2.24) is 0 Å². The van der Waals surface area contributed by atoms with Crippen molar-refractivity contribution in [3.63, 3.8) is 0 Å². The Morgan fingerprint density at radius 3 is 2.62 bits per heavy atom. The lowest BCUT2D eigenvalue weighted by Crippen LogP contribution is -2.08. The molecule has 70 valence electrons. The Hall–Kier alpha value is -1.00. The lowest BCUT2D eigenvalue weighted by Gasteiger charge is -2.08. The number of rotatable bonds is 3. The summed E-state index contributed by atoms with van der Waals surface area (Å²) in [5.41, 5.74) is 6.01. The largest absolute Gasteiger partial charge is 0.388 e. The molecule has 0 aliphatic heterocycles. The molecule has 13 heavy (non-hydrogen) atoms. The Morgan fingerprint density at radius 2 is 2.08 bits per heavy atom. The maximum atomic E-state index is 9.60. The highest BCUT2D eigenvalue weighted by molar-refractivity contribution is 8.13. The fourth-order valence-electron chi connectivity index (χ4n) is 0.940. The number of amidine groups is 1. The normalized spacial score (nSPS) is 12.4. The van der Waals surface area contributed by atoms with E-state index in [4.69, 9.17) is 11.1 Å². The maximum Gasteiger partial charge on any atom is 0.151 e. The van der Waals surface area contributed by atoms with E-state index >= 15 is 0 Å². The molecule has 1 aromatic carbocycles. The van der Waals surface area contributed by atoms with Crippen molar-refractivity contribution in [3.8, 4) is 0 Å². The molecule has 0 radical (unpaired) electrons. The van der Waals surface area contributed by atoms with Gasteiger partial charge in [0.1, 0.15) is 0 Å². The summed E-state index contributed by atoms with van der Waals surface area (Å²) in [7, 11) is 0. The molecule has 1 aromatic rings. The number of hydrogen-bond acceptors (Lipinski definition) is 3. The second kappa shape index (κ2) is 4.89. The van der Waals surface area contributed by atoms with E-state index < -0.39 is 6.10 Å². The van der Waals surface area contributed by atoms with Gasteiger partial charge in [-0.3, -0.25) is 5.41 Å². The second-order valence-electron chi connectivity index (χ2n) is 2.60. The van der Waals surface area contributed by atoms with Crippen LogP contribution in [0.4, 0.5) is 0 Å². The zero-order valence-corrected chi connectivity index (χ0v) is 7.92. The van der Waals surface area contributed by atoms with Gasteiger partial charge in [-0.25, -0.2) is 0 Å². The highest BCUT2D eigenvalue weighted by Crippen LogP contribution is 2.16. The van der Waals surface area contributed by atoms with Gasteiger partial charge in [-0.05, 0) is 5.56 Å². The van der Waals surface area contributed by atoms with Crippen molar-refractivity contribution in [1.29, 1.82) is 5.41 Å². The van der Waals surface area contributed by atoms with Gasteiger partial charge >= 0.3 is 0 Å². The highest BCUT2D eigenvalue weighted by atomic mass is 32.2. The lowest BCUT2D eigenvalue weighted by molar-refractivity contribution is 0.204. The highest BCUT2D eigenvalue weighted by Gasteiger charge is 2.06. The molecule has 0 amide bonds. The predicted molar refractivity (Wildman–Crippen MR) is 55.8 cm³/mol. The fraction of sp³-hybridized carbons (Fsp3) is 0.222. The quantitative estimate of drug-likeness (QED) is 0.505. The van der Waals surface area contributed by atoms with Crippen molar-refractivity contribution in [2.24, 2.45) is 5.73 Å². The van der Waals surface area contributed by atoms with Crippen LogP contribution >= 0.6 is 11.8 Å². The third kappa shape index (κ3) is 3.48. The average molecular weight is 196 g/mol. The first-order valence-electron chi connectivity index (χ1n) is 3.90. The number of thioether (sulfide) groups is 1. The third-order valence-corrected chi connectivity index (χ3v) is 2.37. The molecule has 0 heterocycles. The second-order valence-corrected chi connectivity index (χ2v) is 3.66. The van der Waals surface area contributed by atoms with Gasteiger partial charge in [0, 0.05) is 5.75 Å². The number of benzene rings is 1. The molecule has 0 aromatic heterocycles. The molecule has 0 aliphatic rings. The van der Waals surface area contributed by atoms with Crippen molar-refractivity contribution >= 4 is 16.9 Å². The van der Waals surface area contributed by atoms with Gasteiger partial charge < -0.3 is 10.8 Å². The number of aliphatic hydroxyl groups is 1. The molecular formula is C9H12N2OS. The van der Waals surface area contributed by atoms with Crippen molar-refractivity contribution < 1.29 is 5.11 Å². The molecular weight excluding hydrogens is 184 g/mol. The smallest absolute Gasteiger partial charge is 0.151 e. The van der Waals surface area contributed by atoms with Crippen molar-refractivity contribution in [2.45, 2.75) is 6.10 Å². The Balaban J connectivity index is 2.49. The molecule has 1 rings (SSSR count). The molecule has 0 spiro atoms. The zero-order chi connectivity index (χ0) is 9.68. The van der Waals surface area contributed by atoms with Crippen LogP contribution in [-0.4, -0.2) is 16.0 Å². The summed E-state index contributed by atoms with van der Waals surface area (Å²) in [6.45, 7) is 0. The topological polar surface area (TPSA) is 70.1 Å². The summed E-state index contributed by atoms with van der Waals surface area (Å²) >= 11 is 1.15.